The van der Waals surface area contributed by atoms with Gasteiger partial charge in [-0.3, -0.25) is 19.4 Å². The molecule has 22 nitrogen and oxygen atoms in total. The van der Waals surface area contributed by atoms with Gasteiger partial charge in [0.05, 0.1) is 29.7 Å². The average Bonchev–Trinajstić information content (AvgIpc) is 3.36. The second-order valence-electron chi connectivity index (χ2n) is 16.3. The number of azide groups is 1. The third-order valence-electron chi connectivity index (χ3n) is 11.4. The van der Waals surface area contributed by atoms with E-state index in [4.69, 9.17) is 35.8 Å². The molecular weight excluding hydrogens is 955 g/mol. The molecule has 72 heavy (non-hydrogen) atoms. The number of amides is 3. The molecular formula is C49H55N9O13S. The first-order valence-electron chi connectivity index (χ1n) is 22.3. The van der Waals surface area contributed by atoms with E-state index in [1.807, 2.05) is 5.92 Å². The third-order valence-corrected chi connectivity index (χ3v) is 13.1. The summed E-state index contributed by atoms with van der Waals surface area (Å²) in [6.45, 7) is 4.38. The summed E-state index contributed by atoms with van der Waals surface area (Å²) >= 11 is 0. The molecule has 1 heterocycles. The molecule has 23 heteroatoms. The predicted molar refractivity (Wildman–Crippen MR) is 261 cm³/mol. The number of terminal acetylenes is 1. The second-order valence-corrected chi connectivity index (χ2v) is 17.9. The number of carbonyl (C=O) groups is 5. The Morgan fingerprint density at radius 3 is 2.06 bits per heavy atom. The van der Waals surface area contributed by atoms with E-state index < -0.39 is 94.9 Å². The van der Waals surface area contributed by atoms with E-state index in [0.29, 0.717) is 28.0 Å². The number of esters is 2. The first-order chi connectivity index (χ1) is 34.4. The Kier molecular flexibility index (Phi) is 19.5. The van der Waals surface area contributed by atoms with Crippen molar-refractivity contribution in [2.45, 2.75) is 87.7 Å². The van der Waals surface area contributed by atoms with Crippen molar-refractivity contribution in [3.8, 4) is 23.8 Å². The van der Waals surface area contributed by atoms with Gasteiger partial charge in [0, 0.05) is 25.0 Å². The van der Waals surface area contributed by atoms with Gasteiger partial charge in [0.15, 0.2) is 18.5 Å². The summed E-state index contributed by atoms with van der Waals surface area (Å²) in [7, 11) is -1.50. The van der Waals surface area contributed by atoms with Crippen LogP contribution in [0.4, 0.5) is 0 Å². The molecule has 4 aromatic rings. The van der Waals surface area contributed by atoms with E-state index in [1.54, 1.807) is 63.2 Å². The minimum absolute atomic E-state index is 0.00289. The number of nitrogens with one attached hydrogen (secondary N) is 4. The second kappa shape index (κ2) is 25.6. The summed E-state index contributed by atoms with van der Waals surface area (Å²) < 4.78 is 58.2. The lowest BCUT2D eigenvalue weighted by atomic mass is 9.94. The topological polar surface area (TPSA) is 321 Å². The predicted octanol–water partition coefficient (Wildman–Crippen LogP) is 3.16. The first-order valence-corrected chi connectivity index (χ1v) is 23.7. The maximum atomic E-state index is 14.7. The highest BCUT2D eigenvalue weighted by atomic mass is 32.2. The maximum absolute atomic E-state index is 14.7. The fraction of sp³-hybridized carbons (Fsp3) is 0.347. The lowest BCUT2D eigenvalue weighted by Crippen LogP contribution is -2.68. The van der Waals surface area contributed by atoms with Crippen LogP contribution in [0.2, 0.25) is 0 Å². The number of ether oxygens (including phenoxy) is 5. The number of aliphatic imine (C=N–C) groups is 1. The number of benzene rings is 4. The molecule has 0 spiro atoms. The standard InChI is InChI=1S/C49H55N9O13S/c1-7-39(60)54-35(19-14-24-52-49(50)57-72(65,66)43-28(2)25-37(67-5)29(3)30(43)4)44(61)55-36(26-31-20-22-34(59)23-21-31)45(62)56-40-42(71-47(64)33-17-12-9-13-18-33)41(38(27-53-58-51)69-48(40)68-6)70-46(63)32-15-10-8-11-16-32/h1,8-13,15-18,20-23,25,35-36,38,40-42,48,59H,14,19,24,26-27H2,2-6H3,(H,54,60)(H,55,61)(H,56,62)(H3,50,52,57)/t35-,36-,38+,40+,41+,42+,48+/m0/s1. The Bertz CT molecular complexity index is 2820. The minimum atomic E-state index is -4.21. The number of phenolic OH excluding ortho intramolecular Hbond substituents is 1. The molecule has 0 aliphatic carbocycles. The largest absolute Gasteiger partial charge is 0.508 e. The molecule has 1 aliphatic rings. The molecule has 0 saturated carbocycles. The zero-order valence-corrected chi connectivity index (χ0v) is 40.8. The highest BCUT2D eigenvalue weighted by Gasteiger charge is 2.51. The van der Waals surface area contributed by atoms with Gasteiger partial charge in [0.25, 0.3) is 15.9 Å². The third kappa shape index (κ3) is 14.5. The fourth-order valence-electron chi connectivity index (χ4n) is 7.78. The molecule has 7 atom stereocenters. The van der Waals surface area contributed by atoms with E-state index in [0.717, 1.165) is 0 Å². The molecule has 5 rings (SSSR count). The molecule has 7 N–H and O–H groups in total. The van der Waals surface area contributed by atoms with E-state index in [2.05, 4.69) is 35.7 Å². The number of aromatic hydroxyl groups is 1. The highest BCUT2D eigenvalue weighted by Crippen LogP contribution is 2.31. The van der Waals surface area contributed by atoms with Crippen molar-refractivity contribution in [1.29, 1.82) is 0 Å². The van der Waals surface area contributed by atoms with Gasteiger partial charge >= 0.3 is 11.9 Å². The van der Waals surface area contributed by atoms with Crippen molar-refractivity contribution in [3.63, 3.8) is 0 Å². The summed E-state index contributed by atoms with van der Waals surface area (Å²) in [6.07, 6.45) is -0.902. The number of nitrogens with two attached hydrogens (primary N) is 1. The molecule has 0 aromatic heterocycles. The minimum Gasteiger partial charge on any atom is -0.508 e. The van der Waals surface area contributed by atoms with Crippen LogP contribution in [-0.4, -0.2) is 119 Å². The van der Waals surface area contributed by atoms with E-state index in [9.17, 15) is 43.0 Å². The summed E-state index contributed by atoms with van der Waals surface area (Å²) in [4.78, 5) is 75.8. The smallest absolute Gasteiger partial charge is 0.338 e. The quantitative estimate of drug-likeness (QED) is 0.0102. The van der Waals surface area contributed by atoms with Crippen LogP contribution in [0.15, 0.2) is 106 Å². The molecule has 1 aliphatic heterocycles. The van der Waals surface area contributed by atoms with Gasteiger partial charge in [-0.15, -0.1) is 6.42 Å². The molecule has 0 radical (unpaired) electrons. The number of carbonyl (C=O) groups excluding carboxylic acids is 5. The molecule has 1 fully saturated rings. The van der Waals surface area contributed by atoms with E-state index in [-0.39, 0.29) is 47.6 Å². The Morgan fingerprint density at radius 1 is 0.875 bits per heavy atom. The number of hydrogen-bond acceptors (Lipinski definition) is 15. The van der Waals surface area contributed by atoms with Crippen molar-refractivity contribution in [3.05, 3.63) is 135 Å². The highest BCUT2D eigenvalue weighted by molar-refractivity contribution is 7.90. The Morgan fingerprint density at radius 2 is 1.49 bits per heavy atom. The van der Waals surface area contributed by atoms with Crippen molar-refractivity contribution < 1.29 is 61.2 Å². The number of phenols is 1. The Balaban J connectivity index is 1.43. The zero-order chi connectivity index (χ0) is 52.5. The van der Waals surface area contributed by atoms with Gasteiger partial charge in [-0.05, 0) is 110 Å². The Labute approximate surface area is 415 Å². The molecule has 3 amide bonds. The number of aryl methyl sites for hydroxylation is 1. The number of rotatable bonds is 21. The molecule has 380 valence electrons. The van der Waals surface area contributed by atoms with Crippen LogP contribution >= 0.6 is 0 Å². The van der Waals surface area contributed by atoms with Gasteiger partial charge in [0.2, 0.25) is 17.8 Å². The van der Waals surface area contributed by atoms with Crippen molar-refractivity contribution in [2.75, 3.05) is 27.3 Å². The number of hydrogen-bond donors (Lipinski definition) is 6. The lowest BCUT2D eigenvalue weighted by molar-refractivity contribution is -0.253. The van der Waals surface area contributed by atoms with Gasteiger partial charge in [-0.2, -0.15) is 0 Å². The summed E-state index contributed by atoms with van der Waals surface area (Å²) in [5, 5.41) is 21.5. The van der Waals surface area contributed by atoms with Crippen molar-refractivity contribution in [2.24, 2.45) is 15.8 Å². The number of methoxy groups -OCH3 is 2. The average molecular weight is 1010 g/mol. The number of sulfonamides is 1. The van der Waals surface area contributed by atoms with Gasteiger partial charge in [0.1, 0.15) is 35.7 Å². The summed E-state index contributed by atoms with van der Waals surface area (Å²) in [5.74, 6) is -2.70. The summed E-state index contributed by atoms with van der Waals surface area (Å²) in [6, 6.07) is 18.5. The molecule has 1 saturated heterocycles. The van der Waals surface area contributed by atoms with Crippen LogP contribution in [0.25, 0.3) is 10.4 Å². The van der Waals surface area contributed by atoms with Crippen LogP contribution in [0, 0.1) is 33.1 Å². The zero-order valence-electron chi connectivity index (χ0n) is 39.9. The summed E-state index contributed by atoms with van der Waals surface area (Å²) in [5.41, 5.74) is 17.4. The lowest BCUT2D eigenvalue weighted by Gasteiger charge is -2.45. The van der Waals surface area contributed by atoms with Crippen LogP contribution in [0.1, 0.15) is 55.8 Å². The van der Waals surface area contributed by atoms with Crippen LogP contribution in [0.3, 0.4) is 0 Å². The SMILES string of the molecule is C#CC(=O)N[C@@H](CCCN=C(N)NS(=O)(=O)c1c(C)cc(OC)c(C)c1C)C(=O)N[C@@H](Cc1ccc(O)cc1)C(=O)N[C@H]1[C@H](OC)O[C@H](CN=[N+]=[N-])[C@@H](OC(=O)c2ccccc2)[C@@H]1OC(=O)c1ccccc1. The van der Waals surface area contributed by atoms with E-state index >= 15 is 0 Å². The molecule has 0 unspecified atom stereocenters. The maximum Gasteiger partial charge on any atom is 0.338 e. The normalized spacial score (nSPS) is 18.4. The fourth-order valence-corrected chi connectivity index (χ4v) is 9.26. The van der Waals surface area contributed by atoms with Crippen LogP contribution in [0.5, 0.6) is 11.5 Å². The Hall–Kier alpha value is -8.16. The van der Waals surface area contributed by atoms with Gasteiger partial charge in [-0.1, -0.05) is 53.6 Å². The van der Waals surface area contributed by atoms with Gasteiger partial charge in [-0.25, -0.2) is 22.7 Å². The van der Waals surface area contributed by atoms with Crippen LogP contribution < -0.4 is 31.1 Å². The number of guanidine groups is 1. The molecule has 0 bridgehead atoms. The van der Waals surface area contributed by atoms with Gasteiger partial charge < -0.3 is 50.5 Å². The van der Waals surface area contributed by atoms with Crippen molar-refractivity contribution >= 4 is 45.6 Å². The van der Waals surface area contributed by atoms with Crippen LogP contribution in [-0.2, 0) is 49.8 Å². The monoisotopic (exact) mass is 1010 g/mol. The molecule has 4 aromatic carbocycles. The first kappa shape index (κ1) is 54.8. The van der Waals surface area contributed by atoms with Crippen molar-refractivity contribution in [1.82, 2.24) is 20.7 Å². The number of nitrogens with zero attached hydrogens (tertiary/aromatic N) is 4. The van der Waals surface area contributed by atoms with E-state index in [1.165, 1.54) is 62.8 Å².